The Kier molecular flexibility index (Phi) is 14.9. The van der Waals surface area contributed by atoms with Crippen LogP contribution in [-0.4, -0.2) is 29.9 Å². The van der Waals surface area contributed by atoms with Gasteiger partial charge in [-0.1, -0.05) is 364 Å². The Morgan fingerprint density at radius 2 is 0.402 bits per heavy atom. The zero-order valence-electron chi connectivity index (χ0n) is 60.5. The maximum atomic E-state index is 7.25. The molecule has 2 aliphatic heterocycles. The summed E-state index contributed by atoms with van der Waals surface area (Å²) in [4.78, 5) is 31.4. The topological polar surface area (TPSA) is 95.8 Å². The van der Waals surface area contributed by atoms with E-state index in [9.17, 15) is 0 Å². The lowest BCUT2D eigenvalue weighted by Crippen LogP contribution is -2.32. The van der Waals surface area contributed by atoms with E-state index in [2.05, 4.69) is 358 Å². The summed E-state index contributed by atoms with van der Waals surface area (Å²) in [6.07, 6.45) is 0. The highest BCUT2D eigenvalue weighted by Gasteiger charge is 2.53. The normalized spacial score (nSPS) is 14.0. The molecule has 522 valence electrons. The van der Waals surface area contributed by atoms with E-state index in [0.29, 0.717) is 34.9 Å². The molecule has 0 saturated heterocycles. The van der Waals surface area contributed by atoms with E-state index in [1.165, 1.54) is 38.9 Å². The summed E-state index contributed by atoms with van der Waals surface area (Å²) >= 11 is 0. The van der Waals surface area contributed by atoms with Crippen LogP contribution in [0.3, 0.4) is 0 Å². The first kappa shape index (κ1) is 64.3. The molecule has 0 fully saturated rings. The highest BCUT2D eigenvalue weighted by Crippen LogP contribution is 2.65. The van der Waals surface area contributed by atoms with Crippen molar-refractivity contribution < 1.29 is 9.47 Å². The number of hydrogen-bond donors (Lipinski definition) is 0. The molecule has 2 aromatic heterocycles. The van der Waals surface area contributed by atoms with Gasteiger partial charge in [0.15, 0.2) is 34.9 Å². The Labute approximate surface area is 648 Å². The third-order valence-corrected chi connectivity index (χ3v) is 23.0. The molecule has 2 aliphatic carbocycles. The lowest BCUT2D eigenvalue weighted by molar-refractivity contribution is 0.438. The van der Waals surface area contributed by atoms with E-state index in [1.54, 1.807) is 0 Å². The van der Waals surface area contributed by atoms with Crippen molar-refractivity contribution >= 4 is 0 Å². The molecular weight excluding hydrogens is 1370 g/mol. The van der Waals surface area contributed by atoms with Crippen LogP contribution in [0, 0.1) is 0 Å². The van der Waals surface area contributed by atoms with E-state index in [-0.39, 0.29) is 0 Å². The van der Waals surface area contributed by atoms with E-state index < -0.39 is 10.8 Å². The molecule has 8 nitrogen and oxygen atoms in total. The predicted octanol–water partition coefficient (Wildman–Crippen LogP) is 25.3. The van der Waals surface area contributed by atoms with Crippen LogP contribution in [0.4, 0.5) is 0 Å². The summed E-state index contributed by atoms with van der Waals surface area (Å²) in [6, 6.07) is 138. The number of aromatic nitrogens is 6. The van der Waals surface area contributed by atoms with Gasteiger partial charge in [0.05, 0.1) is 10.8 Å². The Hall–Kier alpha value is -14.9. The number of rotatable bonds is 11. The molecule has 112 heavy (non-hydrogen) atoms. The van der Waals surface area contributed by atoms with Gasteiger partial charge in [0.25, 0.3) is 0 Å². The van der Waals surface area contributed by atoms with E-state index in [1.807, 2.05) is 30.3 Å². The van der Waals surface area contributed by atoms with Crippen LogP contribution in [0.1, 0.15) is 44.5 Å². The summed E-state index contributed by atoms with van der Waals surface area (Å²) in [7, 11) is 0. The zero-order chi connectivity index (χ0) is 73.9. The molecule has 4 heterocycles. The summed E-state index contributed by atoms with van der Waals surface area (Å²) in [5.41, 5.74) is 28.8. The van der Waals surface area contributed by atoms with Gasteiger partial charge in [-0.3, -0.25) is 0 Å². The summed E-state index contributed by atoms with van der Waals surface area (Å²) < 4.78 is 14.3. The van der Waals surface area contributed by atoms with Gasteiger partial charge in [-0.25, -0.2) is 29.9 Å². The zero-order valence-corrected chi connectivity index (χ0v) is 60.5. The molecule has 4 aliphatic rings. The molecule has 2 spiro atoms. The van der Waals surface area contributed by atoms with E-state index in [0.717, 1.165) is 140 Å². The van der Waals surface area contributed by atoms with E-state index >= 15 is 0 Å². The maximum Gasteiger partial charge on any atom is 0.164 e. The SMILES string of the molecule is c1ccc(-c2ccc(-c3nc(-c4ccc(-c5ccccc5)cc4)nc(-c4ccc(-c5cccc6c5Oc5ccccc5C65c6ccccc6-c6cc(-c7cccc(-c8nc(-c9ccccc9)nc(-c9ccc(-c%10cccc%11c%10Oc%10ccccc%10C%11%10c%11ccccc%11-c%11ccccc%11%10)cc9)n8)c7)ccc65)cc4)n3)cc2)cc1. The molecule has 0 saturated carbocycles. The fourth-order valence-electron chi connectivity index (χ4n) is 17.9. The van der Waals surface area contributed by atoms with Crippen LogP contribution in [0.2, 0.25) is 0 Å². The summed E-state index contributed by atoms with van der Waals surface area (Å²) in [6.45, 7) is 0. The van der Waals surface area contributed by atoms with Crippen LogP contribution in [0.25, 0.3) is 146 Å². The van der Waals surface area contributed by atoms with E-state index in [4.69, 9.17) is 39.4 Å². The first-order chi connectivity index (χ1) is 55.5. The maximum absolute atomic E-state index is 7.25. The van der Waals surface area contributed by atoms with Crippen molar-refractivity contribution in [1.82, 2.24) is 29.9 Å². The minimum atomic E-state index is -0.727. The Bertz CT molecular complexity index is 6640. The number of nitrogens with zero attached hydrogens (tertiary/aromatic N) is 6. The number of ether oxygens (including phenoxy) is 2. The van der Waals surface area contributed by atoms with Crippen molar-refractivity contribution in [2.75, 3.05) is 0 Å². The highest BCUT2D eigenvalue weighted by molar-refractivity contribution is 5.94. The highest BCUT2D eigenvalue weighted by atomic mass is 16.5. The smallest absolute Gasteiger partial charge is 0.164 e. The molecule has 0 bridgehead atoms. The first-order valence-corrected chi connectivity index (χ1v) is 38.0. The number of fused-ring (bicyclic) bond motifs is 18. The number of hydrogen-bond acceptors (Lipinski definition) is 8. The second-order valence-corrected chi connectivity index (χ2v) is 29.1. The van der Waals surface area contributed by atoms with Gasteiger partial charge < -0.3 is 9.47 Å². The molecule has 0 radical (unpaired) electrons. The van der Waals surface area contributed by atoms with Crippen LogP contribution in [-0.2, 0) is 10.8 Å². The largest absolute Gasteiger partial charge is 0.456 e. The van der Waals surface area contributed by atoms with Gasteiger partial charge in [-0.15, -0.1) is 0 Å². The Balaban J connectivity index is 0.605. The van der Waals surface area contributed by atoms with Gasteiger partial charge in [-0.2, -0.15) is 0 Å². The summed E-state index contributed by atoms with van der Waals surface area (Å²) in [5.74, 6) is 6.82. The van der Waals surface area contributed by atoms with Crippen molar-refractivity contribution in [2.45, 2.75) is 10.8 Å². The number of benzene rings is 16. The second-order valence-electron chi connectivity index (χ2n) is 29.1. The van der Waals surface area contributed by atoms with Crippen LogP contribution in [0.5, 0.6) is 23.0 Å². The number of para-hydroxylation sites is 4. The molecule has 8 heteroatoms. The molecule has 0 N–H and O–H groups in total. The van der Waals surface area contributed by atoms with Crippen molar-refractivity contribution in [1.29, 1.82) is 0 Å². The first-order valence-electron chi connectivity index (χ1n) is 38.0. The Morgan fingerprint density at radius 3 is 0.821 bits per heavy atom. The molecule has 1 atom stereocenters. The quantitative estimate of drug-likeness (QED) is 0.126. The second kappa shape index (κ2) is 25.9. The van der Waals surface area contributed by atoms with Gasteiger partial charge in [-0.05, 0) is 113 Å². The summed E-state index contributed by atoms with van der Waals surface area (Å²) in [5, 5.41) is 0. The van der Waals surface area contributed by atoms with Crippen molar-refractivity contribution in [3.05, 3.63) is 433 Å². The predicted molar refractivity (Wildman–Crippen MR) is 448 cm³/mol. The van der Waals surface area contributed by atoms with Gasteiger partial charge in [0.1, 0.15) is 23.0 Å². The molecule has 22 rings (SSSR count). The van der Waals surface area contributed by atoms with Crippen molar-refractivity contribution in [2.24, 2.45) is 0 Å². The molecule has 1 unspecified atom stereocenters. The average molecular weight is 1430 g/mol. The van der Waals surface area contributed by atoms with Crippen molar-refractivity contribution in [3.63, 3.8) is 0 Å². The monoisotopic (exact) mass is 1430 g/mol. The van der Waals surface area contributed by atoms with Gasteiger partial charge >= 0.3 is 0 Å². The fraction of sp³-hybridized carbons (Fsp3) is 0.0192. The molecular formula is C104H64N6O2. The van der Waals surface area contributed by atoms with Crippen molar-refractivity contribution in [3.8, 4) is 169 Å². The standard InChI is InChI=1S/C104H64N6O2/c1-4-23-65(24-5-1)67-45-53-72(54-46-67)98-106-99(73-55-47-68(48-56-73)66-25-6-2-7-26-66)108-100(107-98)74-57-49-70(50-58-74)80-35-22-42-92-96(80)112-94-44-19-17-40-90(94)104(92)87-38-15-12-33-83(87)84-64-77(61-62-88(84)104)76-29-20-30-78(63-76)102-109-97(71-27-8-3-9-28-71)105-101(110-102)75-59-51-69(52-60-75)79-34-21-41-91-95(79)111-93-43-18-16-39-89(93)103(91)85-36-13-10-31-81(85)82-32-11-14-37-86(82)103/h1-64H. The van der Waals surface area contributed by atoms with Gasteiger partial charge in [0, 0.05) is 66.8 Å². The minimum absolute atomic E-state index is 0.571. The van der Waals surface area contributed by atoms with Crippen LogP contribution >= 0.6 is 0 Å². The molecule has 16 aromatic carbocycles. The Morgan fingerprint density at radius 1 is 0.152 bits per heavy atom. The lowest BCUT2D eigenvalue weighted by Gasteiger charge is -2.40. The average Bonchev–Trinajstić information content (AvgIpc) is 1.48. The third-order valence-electron chi connectivity index (χ3n) is 23.0. The minimum Gasteiger partial charge on any atom is -0.456 e. The lowest BCUT2D eigenvalue weighted by atomic mass is 9.65. The van der Waals surface area contributed by atoms with Crippen LogP contribution in [0.15, 0.2) is 388 Å². The molecule has 0 amide bonds. The fourth-order valence-corrected chi connectivity index (χ4v) is 17.9. The van der Waals surface area contributed by atoms with Crippen LogP contribution < -0.4 is 9.47 Å². The third kappa shape index (κ3) is 10.2. The molecule has 18 aromatic rings. The van der Waals surface area contributed by atoms with Gasteiger partial charge in [0.2, 0.25) is 0 Å².